The summed E-state index contributed by atoms with van der Waals surface area (Å²) in [7, 11) is -2.34. The average Bonchev–Trinajstić information content (AvgIpc) is 2.91. The summed E-state index contributed by atoms with van der Waals surface area (Å²) in [5.74, 6) is -1.06. The standard InChI is InChI=1S/C28H53N3O11S/c1-22(2)28(29-4)25(33)21-24(23(3)32)7-5-6-10-30-26(34)8-12-39-14-16-41-18-19-42-17-15-40-13-9-27(35)31-11-20-43(36,37)38/h22,24,28-29H,5-21H2,1-4H3,(H,30,34)(H,31,35)(H,36,37,38)/t24-,28+/m1/s1. The number of hydrogen-bond donors (Lipinski definition) is 4. The van der Waals surface area contributed by atoms with Gasteiger partial charge in [0.15, 0.2) is 5.78 Å². The second-order valence-electron chi connectivity index (χ2n) is 10.4. The maximum Gasteiger partial charge on any atom is 0.266 e. The normalized spacial score (nSPS) is 13.1. The number of likely N-dealkylation sites (N-methyl/N-ethyl adjacent to an activating group) is 1. The minimum atomic E-state index is -4.09. The van der Waals surface area contributed by atoms with Crippen molar-refractivity contribution in [1.82, 2.24) is 16.0 Å². The lowest BCUT2D eigenvalue weighted by Gasteiger charge is -2.21. The molecule has 0 unspecified atom stereocenters. The first-order valence-corrected chi connectivity index (χ1v) is 16.5. The highest BCUT2D eigenvalue weighted by molar-refractivity contribution is 7.85. The molecule has 0 aliphatic rings. The quantitative estimate of drug-likeness (QED) is 0.0656. The molecule has 0 spiro atoms. The average molecular weight is 640 g/mol. The third kappa shape index (κ3) is 25.1. The molecule has 0 aliphatic heterocycles. The van der Waals surface area contributed by atoms with Crippen molar-refractivity contribution in [3.63, 3.8) is 0 Å². The molecule has 0 heterocycles. The van der Waals surface area contributed by atoms with Gasteiger partial charge in [0.25, 0.3) is 10.1 Å². The zero-order valence-electron chi connectivity index (χ0n) is 26.2. The zero-order valence-corrected chi connectivity index (χ0v) is 27.0. The third-order valence-electron chi connectivity index (χ3n) is 6.39. The molecule has 0 aromatic rings. The van der Waals surface area contributed by atoms with E-state index in [0.717, 1.165) is 12.8 Å². The molecule has 0 saturated carbocycles. The number of carbonyl (C=O) groups is 4. The minimum Gasteiger partial charge on any atom is -0.379 e. The highest BCUT2D eigenvalue weighted by Gasteiger charge is 2.25. The second-order valence-corrected chi connectivity index (χ2v) is 12.0. The van der Waals surface area contributed by atoms with E-state index in [1.165, 1.54) is 6.92 Å². The van der Waals surface area contributed by atoms with Crippen LogP contribution in [0.3, 0.4) is 0 Å². The number of amides is 2. The van der Waals surface area contributed by atoms with E-state index in [1.807, 2.05) is 13.8 Å². The summed E-state index contributed by atoms with van der Waals surface area (Å²) in [6, 6.07) is -0.250. The first-order chi connectivity index (χ1) is 20.4. The van der Waals surface area contributed by atoms with Gasteiger partial charge in [0.2, 0.25) is 11.8 Å². The van der Waals surface area contributed by atoms with E-state index in [9.17, 15) is 27.6 Å². The Morgan fingerprint density at radius 3 is 1.63 bits per heavy atom. The number of hydrogen-bond acceptors (Lipinski definition) is 11. The fourth-order valence-electron chi connectivity index (χ4n) is 4.02. The molecule has 0 saturated heterocycles. The van der Waals surface area contributed by atoms with Crippen molar-refractivity contribution in [2.24, 2.45) is 11.8 Å². The third-order valence-corrected chi connectivity index (χ3v) is 7.11. The molecule has 0 aromatic heterocycles. The van der Waals surface area contributed by atoms with Gasteiger partial charge in [0.05, 0.1) is 64.6 Å². The second kappa shape index (κ2) is 25.3. The Morgan fingerprint density at radius 2 is 1.21 bits per heavy atom. The van der Waals surface area contributed by atoms with Crippen LogP contribution in [-0.4, -0.2) is 121 Å². The van der Waals surface area contributed by atoms with Crippen molar-refractivity contribution in [2.75, 3.05) is 78.7 Å². The number of Topliss-reactive ketones (excluding diaryl/α,β-unsaturated/α-hetero) is 2. The maximum atomic E-state index is 12.5. The minimum absolute atomic E-state index is 0.0202. The molecule has 4 N–H and O–H groups in total. The maximum absolute atomic E-state index is 12.5. The van der Waals surface area contributed by atoms with Gasteiger partial charge in [-0.25, -0.2) is 0 Å². The van der Waals surface area contributed by atoms with Crippen molar-refractivity contribution >= 4 is 33.5 Å². The van der Waals surface area contributed by atoms with Crippen molar-refractivity contribution in [1.29, 1.82) is 0 Å². The van der Waals surface area contributed by atoms with Gasteiger partial charge in [-0.15, -0.1) is 0 Å². The van der Waals surface area contributed by atoms with Crippen molar-refractivity contribution in [3.8, 4) is 0 Å². The molecule has 2 amide bonds. The van der Waals surface area contributed by atoms with Gasteiger partial charge in [-0.05, 0) is 32.7 Å². The van der Waals surface area contributed by atoms with Crippen molar-refractivity contribution in [3.05, 3.63) is 0 Å². The summed E-state index contributed by atoms with van der Waals surface area (Å²) in [6.45, 7) is 8.32. The van der Waals surface area contributed by atoms with Crippen LogP contribution in [-0.2, 0) is 48.2 Å². The number of ketones is 2. The van der Waals surface area contributed by atoms with Crippen LogP contribution >= 0.6 is 0 Å². The number of rotatable bonds is 29. The van der Waals surface area contributed by atoms with Crippen LogP contribution in [0.4, 0.5) is 0 Å². The Morgan fingerprint density at radius 1 is 0.744 bits per heavy atom. The Hall–Kier alpha value is -2.01. The van der Waals surface area contributed by atoms with E-state index in [1.54, 1.807) is 7.05 Å². The van der Waals surface area contributed by atoms with E-state index < -0.39 is 15.9 Å². The molecular formula is C28H53N3O11S. The smallest absolute Gasteiger partial charge is 0.266 e. The van der Waals surface area contributed by atoms with Gasteiger partial charge in [-0.2, -0.15) is 8.42 Å². The van der Waals surface area contributed by atoms with Crippen LogP contribution in [0.15, 0.2) is 0 Å². The summed E-state index contributed by atoms with van der Waals surface area (Å²) >= 11 is 0. The Labute approximate surface area is 256 Å². The summed E-state index contributed by atoms with van der Waals surface area (Å²) in [5.41, 5.74) is 0. The molecule has 0 aliphatic carbocycles. The predicted molar refractivity (Wildman–Crippen MR) is 160 cm³/mol. The van der Waals surface area contributed by atoms with Gasteiger partial charge in [-0.1, -0.05) is 20.3 Å². The molecule has 43 heavy (non-hydrogen) atoms. The van der Waals surface area contributed by atoms with Crippen molar-refractivity contribution < 1.29 is 51.1 Å². The molecule has 14 nitrogen and oxygen atoms in total. The molecule has 0 aromatic carbocycles. The summed E-state index contributed by atoms with van der Waals surface area (Å²) < 4.78 is 51.1. The van der Waals surface area contributed by atoms with Crippen LogP contribution < -0.4 is 16.0 Å². The van der Waals surface area contributed by atoms with Crippen molar-refractivity contribution in [2.45, 2.75) is 65.3 Å². The Balaban J connectivity index is 3.61. The van der Waals surface area contributed by atoms with E-state index in [-0.39, 0.29) is 80.3 Å². The van der Waals surface area contributed by atoms with Gasteiger partial charge in [-0.3, -0.25) is 23.7 Å². The summed E-state index contributed by atoms with van der Waals surface area (Å²) in [5, 5.41) is 8.24. The monoisotopic (exact) mass is 639 g/mol. The lowest BCUT2D eigenvalue weighted by molar-refractivity contribution is -0.128. The van der Waals surface area contributed by atoms with Crippen LogP contribution in [0.5, 0.6) is 0 Å². The highest BCUT2D eigenvalue weighted by Crippen LogP contribution is 2.17. The SMILES string of the molecule is CN[C@H](C(=O)C[C@@H](CCCCNC(=O)CCOCCOCCOCCOCCC(=O)NCCS(=O)(=O)O)C(C)=O)C(C)C. The zero-order chi connectivity index (χ0) is 32.5. The Kier molecular flexibility index (Phi) is 24.1. The van der Waals surface area contributed by atoms with Crippen LogP contribution in [0.1, 0.15) is 59.3 Å². The van der Waals surface area contributed by atoms with Crippen LogP contribution in [0.2, 0.25) is 0 Å². The molecule has 2 atom stereocenters. The van der Waals surface area contributed by atoms with Gasteiger partial charge >= 0.3 is 0 Å². The van der Waals surface area contributed by atoms with Crippen LogP contribution in [0.25, 0.3) is 0 Å². The summed E-state index contributed by atoms with van der Waals surface area (Å²) in [4.78, 5) is 47.9. The molecule has 0 fully saturated rings. The number of unbranched alkanes of at least 4 members (excludes halogenated alkanes) is 1. The Bertz CT molecular complexity index is 900. The lowest BCUT2D eigenvalue weighted by atomic mass is 9.88. The number of carbonyl (C=O) groups excluding carboxylic acids is 4. The van der Waals surface area contributed by atoms with E-state index >= 15 is 0 Å². The molecular weight excluding hydrogens is 586 g/mol. The predicted octanol–water partition coefficient (Wildman–Crippen LogP) is 0.532. The fraction of sp³-hybridized carbons (Fsp3) is 0.857. The van der Waals surface area contributed by atoms with Gasteiger partial charge in [0, 0.05) is 38.3 Å². The molecule has 0 rings (SSSR count). The first kappa shape index (κ1) is 41.0. The lowest BCUT2D eigenvalue weighted by Crippen LogP contribution is -2.40. The van der Waals surface area contributed by atoms with E-state index in [0.29, 0.717) is 52.6 Å². The number of nitrogens with one attached hydrogen (secondary N) is 3. The molecule has 0 bridgehead atoms. The topological polar surface area (TPSA) is 196 Å². The van der Waals surface area contributed by atoms with Crippen LogP contribution in [0, 0.1) is 11.8 Å². The fourth-order valence-corrected chi connectivity index (χ4v) is 4.38. The van der Waals surface area contributed by atoms with E-state index in [2.05, 4.69) is 16.0 Å². The first-order valence-electron chi connectivity index (χ1n) is 14.9. The van der Waals surface area contributed by atoms with E-state index in [4.69, 9.17) is 23.5 Å². The molecule has 15 heteroatoms. The highest BCUT2D eigenvalue weighted by atomic mass is 32.2. The summed E-state index contributed by atoms with van der Waals surface area (Å²) in [6.07, 6.45) is 2.65. The molecule has 0 radical (unpaired) electrons. The molecule has 252 valence electrons. The van der Waals surface area contributed by atoms with Gasteiger partial charge in [0.1, 0.15) is 5.78 Å². The largest absolute Gasteiger partial charge is 0.379 e. The number of ether oxygens (including phenoxy) is 4. The van der Waals surface area contributed by atoms with Gasteiger partial charge < -0.3 is 34.9 Å².